The molecule has 5 atom stereocenters. The molecule has 2 N–H and O–H groups in total. The van der Waals surface area contributed by atoms with Gasteiger partial charge in [0, 0.05) is 29.2 Å². The molecule has 1 aromatic heterocycles. The molecule has 332 valence electrons. The molecular formula is C44H55F3N4O9S. The summed E-state index contributed by atoms with van der Waals surface area (Å²) in [6.07, 6.45) is 7.42. The van der Waals surface area contributed by atoms with Crippen LogP contribution in [0.25, 0.3) is 10.9 Å². The Morgan fingerprint density at radius 2 is 1.79 bits per heavy atom. The Morgan fingerprint density at radius 1 is 1.03 bits per heavy atom. The van der Waals surface area contributed by atoms with Gasteiger partial charge in [0.25, 0.3) is 5.91 Å². The Balaban J connectivity index is 1.12. The minimum absolute atomic E-state index is 0.0139. The predicted octanol–water partition coefficient (Wildman–Crippen LogP) is 6.42. The number of hydrogen-bond acceptors (Lipinski definition) is 10. The number of aryl methyl sites for hydroxylation is 2. The van der Waals surface area contributed by atoms with Gasteiger partial charge in [-0.25, -0.2) is 13.4 Å². The number of fused-ring (bicyclic) bond motifs is 5. The lowest BCUT2D eigenvalue weighted by atomic mass is 9.87. The lowest BCUT2D eigenvalue weighted by Crippen LogP contribution is -2.57. The lowest BCUT2D eigenvalue weighted by molar-refractivity contribution is -0.161. The third kappa shape index (κ3) is 8.81. The largest absolute Gasteiger partial charge is 0.484 e. The number of allylic oxidation sites excluding steroid dienone is 1. The molecule has 3 aliphatic carbocycles. The zero-order valence-electron chi connectivity index (χ0n) is 35.0. The summed E-state index contributed by atoms with van der Waals surface area (Å²) in [5, 5.41) is 3.48. The van der Waals surface area contributed by atoms with Crippen molar-refractivity contribution >= 4 is 44.6 Å². The Morgan fingerprint density at radius 3 is 2.51 bits per heavy atom. The summed E-state index contributed by atoms with van der Waals surface area (Å²) in [4.78, 5) is 63.5. The third-order valence-electron chi connectivity index (χ3n) is 13.9. The number of esters is 1. The molecule has 0 bridgehead atoms. The van der Waals surface area contributed by atoms with Gasteiger partial charge < -0.3 is 24.4 Å². The fourth-order valence-electron chi connectivity index (χ4n) is 9.80. The molecule has 1 spiro atoms. The Labute approximate surface area is 353 Å². The number of rotatable bonds is 8. The van der Waals surface area contributed by atoms with Gasteiger partial charge in [0.2, 0.25) is 21.8 Å². The van der Waals surface area contributed by atoms with Gasteiger partial charge in [-0.05, 0) is 116 Å². The van der Waals surface area contributed by atoms with Gasteiger partial charge in [0.1, 0.15) is 34.3 Å². The van der Waals surface area contributed by atoms with Crippen LogP contribution in [0.1, 0.15) is 121 Å². The van der Waals surface area contributed by atoms with Crippen LogP contribution in [0, 0.1) is 18.8 Å². The number of halogens is 3. The van der Waals surface area contributed by atoms with Gasteiger partial charge in [0.05, 0.1) is 28.9 Å². The van der Waals surface area contributed by atoms with Crippen molar-refractivity contribution in [1.82, 2.24) is 19.9 Å². The van der Waals surface area contributed by atoms with E-state index in [9.17, 15) is 40.8 Å². The maximum Gasteiger partial charge on any atom is 0.422 e. The van der Waals surface area contributed by atoms with Gasteiger partial charge in [-0.15, -0.1) is 0 Å². The molecule has 0 unspecified atom stereocenters. The van der Waals surface area contributed by atoms with E-state index in [1.54, 1.807) is 19.9 Å². The highest BCUT2D eigenvalue weighted by Crippen LogP contribution is 2.49. The SMILES string of the molecule is Cc1nc2ccc(OCC(F)(F)F)cc2c2c1O[C@]1(CC2)C[C@H]2C(=O)N[C@]3(C(=O)NS(=O)(=O)C4(C)CC4)C[C@H]3/C=C\CCCCC[C@H](CC(=O)OC3(C)CCCC3)C(=O)N2C1. The van der Waals surface area contributed by atoms with E-state index in [1.807, 2.05) is 19.1 Å². The van der Waals surface area contributed by atoms with Gasteiger partial charge in [0.15, 0.2) is 6.61 Å². The van der Waals surface area contributed by atoms with Gasteiger partial charge >= 0.3 is 12.1 Å². The summed E-state index contributed by atoms with van der Waals surface area (Å²) < 4.78 is 84.6. The quantitative estimate of drug-likeness (QED) is 0.223. The smallest absolute Gasteiger partial charge is 0.422 e. The normalized spacial score (nSPS) is 30.1. The number of nitrogens with zero attached hydrogens (tertiary/aromatic N) is 2. The maximum absolute atomic E-state index is 15.0. The van der Waals surface area contributed by atoms with E-state index in [0.29, 0.717) is 72.9 Å². The molecule has 3 saturated carbocycles. The topological polar surface area (TPSA) is 170 Å². The number of amides is 3. The summed E-state index contributed by atoms with van der Waals surface area (Å²) in [6, 6.07) is 3.37. The highest BCUT2D eigenvalue weighted by Gasteiger charge is 2.64. The molecule has 1 saturated heterocycles. The monoisotopic (exact) mass is 872 g/mol. The highest BCUT2D eigenvalue weighted by atomic mass is 32.2. The number of pyridine rings is 1. The predicted molar refractivity (Wildman–Crippen MR) is 217 cm³/mol. The van der Waals surface area contributed by atoms with Crippen LogP contribution in [0.15, 0.2) is 30.4 Å². The number of carbonyl (C=O) groups is 4. The van der Waals surface area contributed by atoms with Crippen LogP contribution in [0.3, 0.4) is 0 Å². The molecule has 3 amide bonds. The van der Waals surface area contributed by atoms with E-state index in [1.165, 1.54) is 17.0 Å². The van der Waals surface area contributed by atoms with Crippen LogP contribution in [-0.4, -0.2) is 88.9 Å². The first-order valence-electron chi connectivity index (χ1n) is 21.6. The second kappa shape index (κ2) is 15.7. The lowest BCUT2D eigenvalue weighted by Gasteiger charge is -2.36. The molecule has 6 aliphatic rings. The van der Waals surface area contributed by atoms with Crippen molar-refractivity contribution in [2.75, 3.05) is 13.2 Å². The van der Waals surface area contributed by atoms with Crippen molar-refractivity contribution in [2.45, 2.75) is 157 Å². The Kier molecular flexibility index (Phi) is 11.2. The minimum atomic E-state index is -4.53. The molecule has 0 radical (unpaired) electrons. The van der Waals surface area contributed by atoms with E-state index < -0.39 is 85.9 Å². The molecule has 2 aromatic rings. The average molecular weight is 873 g/mol. The average Bonchev–Trinajstić information content (AvgIpc) is 4.02. The van der Waals surface area contributed by atoms with Crippen molar-refractivity contribution in [3.05, 3.63) is 41.6 Å². The second-order valence-corrected chi connectivity index (χ2v) is 21.0. The van der Waals surface area contributed by atoms with Gasteiger partial charge in [-0.1, -0.05) is 25.0 Å². The number of benzene rings is 1. The molecule has 61 heavy (non-hydrogen) atoms. The Bertz CT molecular complexity index is 2260. The van der Waals surface area contributed by atoms with Crippen molar-refractivity contribution in [1.29, 1.82) is 0 Å². The molecule has 17 heteroatoms. The number of sulfonamides is 1. The summed E-state index contributed by atoms with van der Waals surface area (Å²) in [5.41, 5.74) is -1.52. The molecular weight excluding hydrogens is 818 g/mol. The van der Waals surface area contributed by atoms with Crippen LogP contribution in [0.4, 0.5) is 13.2 Å². The van der Waals surface area contributed by atoms with E-state index in [2.05, 4.69) is 15.0 Å². The zero-order chi connectivity index (χ0) is 43.6. The first kappa shape index (κ1) is 43.2. The first-order chi connectivity index (χ1) is 28.7. The maximum atomic E-state index is 15.0. The Hall–Kier alpha value is -4.41. The van der Waals surface area contributed by atoms with E-state index in [4.69, 9.17) is 14.2 Å². The van der Waals surface area contributed by atoms with Crippen molar-refractivity contribution in [2.24, 2.45) is 11.8 Å². The standard InChI is InChI=1S/C44H55F3N4O9S/c1-27-36-31(32-22-30(13-14-33(32)48-27)58-26-44(45,46)47)15-18-42(60-36)24-34-37(53)49-43(39(55)50-61(56,57)41(3)19-20-41)23-29(43)12-8-6-4-5-7-11-28(38(54)51(34)25-42)21-35(52)59-40(2)16-9-10-17-40/h8,12-14,22,28-29,34H,4-7,9-11,15-21,23-26H2,1-3H3,(H,49,53)(H,50,55)/b12-8-/t28-,29-,34+,42-,43-/m1/s1. The fraction of sp³-hybridized carbons (Fsp3) is 0.659. The number of alkyl halides is 3. The highest BCUT2D eigenvalue weighted by molar-refractivity contribution is 7.91. The van der Waals surface area contributed by atoms with Crippen LogP contribution < -0.4 is 19.5 Å². The van der Waals surface area contributed by atoms with Crippen molar-refractivity contribution < 1.29 is 55.0 Å². The van der Waals surface area contributed by atoms with Crippen LogP contribution in [0.2, 0.25) is 0 Å². The number of aromatic nitrogens is 1. The minimum Gasteiger partial charge on any atom is -0.484 e. The number of ether oxygens (including phenoxy) is 3. The molecule has 4 fully saturated rings. The van der Waals surface area contributed by atoms with Crippen molar-refractivity contribution in [3.63, 3.8) is 0 Å². The first-order valence-corrected chi connectivity index (χ1v) is 23.1. The summed E-state index contributed by atoms with van der Waals surface area (Å²) in [7, 11) is -4.04. The summed E-state index contributed by atoms with van der Waals surface area (Å²) in [5.74, 6) is -3.23. The van der Waals surface area contributed by atoms with E-state index >= 15 is 0 Å². The van der Waals surface area contributed by atoms with E-state index in [-0.39, 0.29) is 31.6 Å². The number of hydrogen-bond donors (Lipinski definition) is 2. The molecule has 13 nitrogen and oxygen atoms in total. The van der Waals surface area contributed by atoms with E-state index in [0.717, 1.165) is 38.5 Å². The third-order valence-corrected chi connectivity index (χ3v) is 16.1. The fourth-order valence-corrected chi connectivity index (χ4v) is 11.1. The molecule has 1 aromatic carbocycles. The molecule has 8 rings (SSSR count). The van der Waals surface area contributed by atoms with Crippen LogP contribution in [0.5, 0.6) is 11.5 Å². The molecule has 4 heterocycles. The number of nitrogens with one attached hydrogen (secondary N) is 2. The summed E-state index contributed by atoms with van der Waals surface area (Å²) >= 11 is 0. The summed E-state index contributed by atoms with van der Waals surface area (Å²) in [6.45, 7) is 3.75. The molecule has 3 aliphatic heterocycles. The van der Waals surface area contributed by atoms with Gasteiger partial charge in [-0.2, -0.15) is 13.2 Å². The zero-order valence-corrected chi connectivity index (χ0v) is 35.8. The van der Waals surface area contributed by atoms with Gasteiger partial charge in [-0.3, -0.25) is 23.9 Å². The second-order valence-electron chi connectivity index (χ2n) is 18.8. The van der Waals surface area contributed by atoms with Crippen LogP contribution >= 0.6 is 0 Å². The van der Waals surface area contributed by atoms with Crippen molar-refractivity contribution in [3.8, 4) is 11.5 Å². The number of carbonyl (C=O) groups excluding carboxylic acids is 4. The van der Waals surface area contributed by atoms with Crippen LogP contribution in [-0.2, 0) is 40.4 Å².